The van der Waals surface area contributed by atoms with E-state index in [-0.39, 0.29) is 13.2 Å². The third kappa shape index (κ3) is 5.91. The van der Waals surface area contributed by atoms with Crippen LogP contribution in [0.2, 0.25) is 5.02 Å². The summed E-state index contributed by atoms with van der Waals surface area (Å²) in [5.41, 5.74) is 0.876. The molecule has 0 aliphatic carbocycles. The first-order valence-electron chi connectivity index (χ1n) is 7.01. The summed E-state index contributed by atoms with van der Waals surface area (Å²) in [6.07, 6.45) is -0.733. The van der Waals surface area contributed by atoms with Gasteiger partial charge in [0, 0.05) is 17.1 Å². The van der Waals surface area contributed by atoms with Gasteiger partial charge in [0.05, 0.1) is 20.3 Å². The zero-order valence-electron chi connectivity index (χ0n) is 13.0. The third-order valence-electron chi connectivity index (χ3n) is 2.97. The van der Waals surface area contributed by atoms with Crippen LogP contribution in [0.4, 0.5) is 4.79 Å². The van der Waals surface area contributed by atoms with Gasteiger partial charge in [0.2, 0.25) is 5.91 Å². The fourth-order valence-corrected chi connectivity index (χ4v) is 2.11. The molecular formula is C15H21ClN2O4. The molecule has 0 unspecified atom stereocenters. The van der Waals surface area contributed by atoms with E-state index in [0.29, 0.717) is 23.9 Å². The largest absolute Gasteiger partial charge is 0.496 e. The van der Waals surface area contributed by atoms with E-state index >= 15 is 0 Å². The summed E-state index contributed by atoms with van der Waals surface area (Å²) >= 11 is 6.00. The van der Waals surface area contributed by atoms with Crippen molar-refractivity contribution in [1.29, 1.82) is 0 Å². The van der Waals surface area contributed by atoms with Crippen molar-refractivity contribution in [1.82, 2.24) is 10.2 Å². The number of alkyl carbamates (subject to hydrolysis) is 1. The molecule has 0 atom stereocenters. The number of hydrogen-bond acceptors (Lipinski definition) is 5. The number of methoxy groups -OCH3 is 1. The number of halogens is 1. The highest BCUT2D eigenvalue weighted by atomic mass is 35.5. The summed E-state index contributed by atoms with van der Waals surface area (Å²) in [5.74, 6) is 0.287. The van der Waals surface area contributed by atoms with E-state index in [1.807, 2.05) is 11.8 Å². The quantitative estimate of drug-likeness (QED) is 0.832. The molecule has 1 N–H and O–H groups in total. The molecule has 0 saturated carbocycles. The predicted octanol–water partition coefficient (Wildman–Crippen LogP) is 2.44. The van der Waals surface area contributed by atoms with E-state index in [9.17, 15) is 9.59 Å². The maximum Gasteiger partial charge on any atom is 0.413 e. The second-order valence-electron chi connectivity index (χ2n) is 4.53. The molecule has 122 valence electrons. The van der Waals surface area contributed by atoms with Gasteiger partial charge in [-0.05, 0) is 31.7 Å². The van der Waals surface area contributed by atoms with Gasteiger partial charge in [0.15, 0.2) is 0 Å². The van der Waals surface area contributed by atoms with Crippen molar-refractivity contribution in [3.8, 4) is 5.75 Å². The van der Waals surface area contributed by atoms with E-state index in [2.05, 4.69) is 10.1 Å². The zero-order valence-corrected chi connectivity index (χ0v) is 13.8. The average molecular weight is 329 g/mol. The van der Waals surface area contributed by atoms with Gasteiger partial charge in [-0.15, -0.1) is 0 Å². The Kier molecular flexibility index (Phi) is 7.70. The molecule has 0 aliphatic rings. The van der Waals surface area contributed by atoms with Gasteiger partial charge in [0.25, 0.3) is 0 Å². The van der Waals surface area contributed by atoms with Gasteiger partial charge < -0.3 is 9.47 Å². The van der Waals surface area contributed by atoms with Crippen LogP contribution in [0, 0.1) is 0 Å². The van der Waals surface area contributed by atoms with Crippen LogP contribution < -0.4 is 10.1 Å². The lowest BCUT2D eigenvalue weighted by Gasteiger charge is -2.21. The van der Waals surface area contributed by atoms with Crippen molar-refractivity contribution >= 4 is 23.6 Å². The Morgan fingerprint density at radius 3 is 2.64 bits per heavy atom. The first-order chi connectivity index (χ1) is 10.5. The molecule has 7 heteroatoms. The monoisotopic (exact) mass is 328 g/mol. The van der Waals surface area contributed by atoms with Gasteiger partial charge in [-0.3, -0.25) is 15.0 Å². The summed E-state index contributed by atoms with van der Waals surface area (Å²) in [5, 5.41) is 2.77. The number of carbonyl (C=O) groups excluding carboxylic acids is 2. The predicted molar refractivity (Wildman–Crippen MR) is 84.1 cm³/mol. The minimum atomic E-state index is -0.733. The van der Waals surface area contributed by atoms with E-state index < -0.39 is 12.0 Å². The highest BCUT2D eigenvalue weighted by Gasteiger charge is 2.15. The molecule has 6 nitrogen and oxygen atoms in total. The van der Waals surface area contributed by atoms with Gasteiger partial charge in [-0.2, -0.15) is 0 Å². The standard InChI is InChI=1S/C15H21ClN2O4/c1-4-18(10-14(19)17-15(20)22-5-2)9-11-8-12(16)6-7-13(11)21-3/h6-8H,4-5,9-10H2,1-3H3,(H,17,19,20). The van der Waals surface area contributed by atoms with Crippen molar-refractivity contribution in [2.45, 2.75) is 20.4 Å². The van der Waals surface area contributed by atoms with Crippen molar-refractivity contribution in [2.24, 2.45) is 0 Å². The van der Waals surface area contributed by atoms with Crippen molar-refractivity contribution in [3.63, 3.8) is 0 Å². The first-order valence-corrected chi connectivity index (χ1v) is 7.39. The molecular weight excluding hydrogens is 308 g/mol. The number of hydrogen-bond donors (Lipinski definition) is 1. The van der Waals surface area contributed by atoms with Crippen LogP contribution in [0.1, 0.15) is 19.4 Å². The Labute approximate surface area is 135 Å². The number of amides is 2. The Morgan fingerprint density at radius 1 is 1.32 bits per heavy atom. The number of nitrogens with zero attached hydrogens (tertiary/aromatic N) is 1. The number of likely N-dealkylation sites (N-methyl/N-ethyl adjacent to an activating group) is 1. The number of ether oxygens (including phenoxy) is 2. The van der Waals surface area contributed by atoms with Crippen molar-refractivity contribution < 1.29 is 19.1 Å². The number of benzene rings is 1. The van der Waals surface area contributed by atoms with Crippen LogP contribution in [-0.2, 0) is 16.1 Å². The van der Waals surface area contributed by atoms with Crippen LogP contribution in [0.15, 0.2) is 18.2 Å². The average Bonchev–Trinajstić information content (AvgIpc) is 2.46. The highest BCUT2D eigenvalue weighted by Crippen LogP contribution is 2.23. The Balaban J connectivity index is 2.67. The molecule has 0 saturated heterocycles. The molecule has 1 aromatic carbocycles. The summed E-state index contributed by atoms with van der Waals surface area (Å²) in [6, 6.07) is 5.32. The molecule has 22 heavy (non-hydrogen) atoms. The number of nitrogens with one attached hydrogen (secondary N) is 1. The third-order valence-corrected chi connectivity index (χ3v) is 3.20. The van der Waals surface area contributed by atoms with Gasteiger partial charge in [0.1, 0.15) is 5.75 Å². The van der Waals surface area contributed by atoms with Crippen LogP contribution in [0.25, 0.3) is 0 Å². The molecule has 0 spiro atoms. The molecule has 1 aromatic rings. The summed E-state index contributed by atoms with van der Waals surface area (Å²) in [7, 11) is 1.58. The Morgan fingerprint density at radius 2 is 2.05 bits per heavy atom. The molecule has 2 amide bonds. The molecule has 0 heterocycles. The normalized spacial score (nSPS) is 10.4. The number of imide groups is 1. The van der Waals surface area contributed by atoms with Gasteiger partial charge in [-0.1, -0.05) is 18.5 Å². The molecule has 1 rings (SSSR count). The Hall–Kier alpha value is -1.79. The lowest BCUT2D eigenvalue weighted by molar-refractivity contribution is -0.121. The second kappa shape index (κ2) is 9.27. The maximum absolute atomic E-state index is 11.8. The first kappa shape index (κ1) is 18.3. The Bertz CT molecular complexity index is 522. The topological polar surface area (TPSA) is 67.9 Å². The van der Waals surface area contributed by atoms with E-state index in [0.717, 1.165) is 5.56 Å². The lowest BCUT2D eigenvalue weighted by atomic mass is 10.2. The number of rotatable bonds is 7. The maximum atomic E-state index is 11.8. The fourth-order valence-electron chi connectivity index (χ4n) is 1.91. The van der Waals surface area contributed by atoms with Crippen LogP contribution in [-0.4, -0.2) is 43.7 Å². The second-order valence-corrected chi connectivity index (χ2v) is 4.96. The lowest BCUT2D eigenvalue weighted by Crippen LogP contribution is -2.40. The van der Waals surface area contributed by atoms with Crippen molar-refractivity contribution in [2.75, 3.05) is 26.8 Å². The van der Waals surface area contributed by atoms with Crippen LogP contribution in [0.3, 0.4) is 0 Å². The van der Waals surface area contributed by atoms with Crippen LogP contribution >= 0.6 is 11.6 Å². The highest BCUT2D eigenvalue weighted by molar-refractivity contribution is 6.30. The smallest absolute Gasteiger partial charge is 0.413 e. The SMILES string of the molecule is CCOC(=O)NC(=O)CN(CC)Cc1cc(Cl)ccc1OC. The van der Waals surface area contributed by atoms with E-state index in [1.54, 1.807) is 32.2 Å². The van der Waals surface area contributed by atoms with Gasteiger partial charge >= 0.3 is 6.09 Å². The van der Waals surface area contributed by atoms with Crippen molar-refractivity contribution in [3.05, 3.63) is 28.8 Å². The zero-order chi connectivity index (χ0) is 16.5. The van der Waals surface area contributed by atoms with Gasteiger partial charge in [-0.25, -0.2) is 4.79 Å². The minimum Gasteiger partial charge on any atom is -0.496 e. The van der Waals surface area contributed by atoms with E-state index in [4.69, 9.17) is 16.3 Å². The molecule has 0 fully saturated rings. The number of carbonyl (C=O) groups is 2. The summed E-state index contributed by atoms with van der Waals surface area (Å²) < 4.78 is 9.96. The van der Waals surface area contributed by atoms with Crippen LogP contribution in [0.5, 0.6) is 5.75 Å². The molecule has 0 aliphatic heterocycles. The minimum absolute atomic E-state index is 0.0744. The molecule has 0 bridgehead atoms. The van der Waals surface area contributed by atoms with E-state index in [1.165, 1.54) is 0 Å². The molecule has 0 aromatic heterocycles. The summed E-state index contributed by atoms with van der Waals surface area (Å²) in [6.45, 7) is 5.01. The summed E-state index contributed by atoms with van der Waals surface area (Å²) in [4.78, 5) is 24.9. The molecule has 0 radical (unpaired) electrons. The fraction of sp³-hybridized carbons (Fsp3) is 0.467.